The first kappa shape index (κ1) is 23.8. The van der Waals surface area contributed by atoms with Crippen LogP contribution < -0.4 is 19.9 Å². The molecule has 0 spiro atoms. The summed E-state index contributed by atoms with van der Waals surface area (Å²) in [7, 11) is 2.12. The summed E-state index contributed by atoms with van der Waals surface area (Å²) in [6.07, 6.45) is 0.455. The molecule has 0 radical (unpaired) electrons. The first-order valence-corrected chi connectivity index (χ1v) is 11.8. The third-order valence-corrected chi connectivity index (χ3v) is 6.29. The molecule has 1 saturated heterocycles. The SMILES string of the molecule is CCCC(=O)c1ccc2c(c1)N(CC(=O)Nc1ccc(N3CCN(C)CC3)cc1)C(=O)C(C)O2. The second-order valence-corrected chi connectivity index (χ2v) is 8.93. The van der Waals surface area contributed by atoms with Crippen molar-refractivity contribution in [3.05, 3.63) is 48.0 Å². The minimum Gasteiger partial charge on any atom is -0.479 e. The number of piperazine rings is 1. The van der Waals surface area contributed by atoms with Crippen LogP contribution in [-0.2, 0) is 9.59 Å². The fraction of sp³-hybridized carbons (Fsp3) is 0.423. The molecule has 2 amide bonds. The summed E-state index contributed by atoms with van der Waals surface area (Å²) in [4.78, 5) is 44.1. The third-order valence-electron chi connectivity index (χ3n) is 6.29. The first-order chi connectivity index (χ1) is 16.4. The molecule has 0 saturated carbocycles. The van der Waals surface area contributed by atoms with Crippen LogP contribution in [0.15, 0.2) is 42.5 Å². The summed E-state index contributed by atoms with van der Waals surface area (Å²) in [5.41, 5.74) is 2.76. The molecule has 1 atom stereocenters. The fourth-order valence-electron chi connectivity index (χ4n) is 4.28. The van der Waals surface area contributed by atoms with Crippen LogP contribution in [-0.4, -0.2) is 68.4 Å². The molecule has 1 N–H and O–H groups in total. The van der Waals surface area contributed by atoms with E-state index in [1.165, 1.54) is 4.90 Å². The number of benzene rings is 2. The number of hydrogen-bond donors (Lipinski definition) is 1. The molecule has 34 heavy (non-hydrogen) atoms. The van der Waals surface area contributed by atoms with Crippen LogP contribution in [0.4, 0.5) is 17.1 Å². The Hall–Kier alpha value is -3.39. The molecule has 0 bridgehead atoms. The van der Waals surface area contributed by atoms with Gasteiger partial charge >= 0.3 is 0 Å². The summed E-state index contributed by atoms with van der Waals surface area (Å²) in [6, 6.07) is 12.8. The Bertz CT molecular complexity index is 1060. The Labute approximate surface area is 200 Å². The largest absolute Gasteiger partial charge is 0.479 e. The van der Waals surface area contributed by atoms with E-state index in [1.807, 2.05) is 31.2 Å². The molecule has 2 aromatic carbocycles. The van der Waals surface area contributed by atoms with E-state index in [0.29, 0.717) is 29.1 Å². The van der Waals surface area contributed by atoms with Gasteiger partial charge in [0.2, 0.25) is 5.91 Å². The summed E-state index contributed by atoms with van der Waals surface area (Å²) in [5, 5.41) is 2.88. The lowest BCUT2D eigenvalue weighted by Gasteiger charge is -2.34. The van der Waals surface area contributed by atoms with E-state index >= 15 is 0 Å². The monoisotopic (exact) mass is 464 g/mol. The van der Waals surface area contributed by atoms with E-state index in [-0.39, 0.29) is 24.1 Å². The number of hydrogen-bond acceptors (Lipinski definition) is 6. The Morgan fingerprint density at radius 1 is 1.06 bits per heavy atom. The average molecular weight is 465 g/mol. The van der Waals surface area contributed by atoms with Gasteiger partial charge in [0.05, 0.1) is 5.69 Å². The highest BCUT2D eigenvalue weighted by Crippen LogP contribution is 2.35. The molecule has 0 aliphatic carbocycles. The van der Waals surface area contributed by atoms with E-state index in [1.54, 1.807) is 25.1 Å². The molecule has 8 heteroatoms. The van der Waals surface area contributed by atoms with Gasteiger partial charge in [0, 0.05) is 49.5 Å². The summed E-state index contributed by atoms with van der Waals surface area (Å²) in [6.45, 7) is 7.44. The number of nitrogens with one attached hydrogen (secondary N) is 1. The number of rotatable bonds is 7. The number of anilines is 3. The van der Waals surface area contributed by atoms with E-state index in [4.69, 9.17) is 4.74 Å². The summed E-state index contributed by atoms with van der Waals surface area (Å²) in [5.74, 6) is -0.134. The van der Waals surface area contributed by atoms with Gasteiger partial charge in [-0.25, -0.2) is 0 Å². The molecule has 180 valence electrons. The number of carbonyl (C=O) groups excluding carboxylic acids is 3. The van der Waals surface area contributed by atoms with Gasteiger partial charge in [-0.15, -0.1) is 0 Å². The predicted octanol–water partition coefficient (Wildman–Crippen LogP) is 3.17. The molecule has 2 aliphatic rings. The Kier molecular flexibility index (Phi) is 7.17. The third kappa shape index (κ3) is 5.22. The van der Waals surface area contributed by atoms with Crippen molar-refractivity contribution in [1.29, 1.82) is 0 Å². The van der Waals surface area contributed by atoms with Gasteiger partial charge in [-0.3, -0.25) is 19.3 Å². The lowest BCUT2D eigenvalue weighted by atomic mass is 10.0. The lowest BCUT2D eigenvalue weighted by Crippen LogP contribution is -2.47. The predicted molar refractivity (Wildman–Crippen MR) is 133 cm³/mol. The van der Waals surface area contributed by atoms with Crippen LogP contribution in [0.3, 0.4) is 0 Å². The Morgan fingerprint density at radius 2 is 1.76 bits per heavy atom. The summed E-state index contributed by atoms with van der Waals surface area (Å²) >= 11 is 0. The van der Waals surface area contributed by atoms with Crippen LogP contribution in [0.25, 0.3) is 0 Å². The maximum Gasteiger partial charge on any atom is 0.268 e. The number of likely N-dealkylation sites (N-methyl/N-ethyl adjacent to an activating group) is 1. The molecule has 2 aliphatic heterocycles. The van der Waals surface area contributed by atoms with Crippen molar-refractivity contribution in [2.75, 3.05) is 54.9 Å². The number of carbonyl (C=O) groups is 3. The topological polar surface area (TPSA) is 82.2 Å². The number of nitrogens with zero attached hydrogens (tertiary/aromatic N) is 3. The molecule has 4 rings (SSSR count). The van der Waals surface area contributed by atoms with Gasteiger partial charge in [0.25, 0.3) is 5.91 Å². The second kappa shape index (κ2) is 10.3. The normalized spacial score (nSPS) is 18.3. The minimum absolute atomic E-state index is 0.00112. The van der Waals surface area contributed by atoms with Gasteiger partial charge < -0.3 is 19.9 Å². The highest BCUT2D eigenvalue weighted by Gasteiger charge is 2.33. The average Bonchev–Trinajstić information content (AvgIpc) is 2.83. The zero-order valence-corrected chi connectivity index (χ0v) is 20.0. The zero-order valence-electron chi connectivity index (χ0n) is 20.0. The van der Waals surface area contributed by atoms with Gasteiger partial charge in [-0.05, 0) is 62.9 Å². The van der Waals surface area contributed by atoms with Crippen molar-refractivity contribution in [1.82, 2.24) is 4.90 Å². The zero-order chi connectivity index (χ0) is 24.2. The van der Waals surface area contributed by atoms with Gasteiger partial charge in [-0.1, -0.05) is 6.92 Å². The number of fused-ring (bicyclic) bond motifs is 1. The fourth-order valence-corrected chi connectivity index (χ4v) is 4.28. The van der Waals surface area contributed by atoms with E-state index in [9.17, 15) is 14.4 Å². The Morgan fingerprint density at radius 3 is 2.44 bits per heavy atom. The highest BCUT2D eigenvalue weighted by molar-refractivity contribution is 6.07. The molecule has 8 nitrogen and oxygen atoms in total. The van der Waals surface area contributed by atoms with Crippen LogP contribution in [0.2, 0.25) is 0 Å². The number of Topliss-reactive ketones (excluding diaryl/α,β-unsaturated/α-hetero) is 1. The number of amides is 2. The maximum atomic E-state index is 12.9. The van der Waals surface area contributed by atoms with Crippen LogP contribution in [0, 0.1) is 0 Å². The highest BCUT2D eigenvalue weighted by atomic mass is 16.5. The number of ether oxygens (including phenoxy) is 1. The second-order valence-electron chi connectivity index (χ2n) is 8.93. The van der Waals surface area contributed by atoms with E-state index in [2.05, 4.69) is 22.2 Å². The van der Waals surface area contributed by atoms with Gasteiger partial charge in [-0.2, -0.15) is 0 Å². The summed E-state index contributed by atoms with van der Waals surface area (Å²) < 4.78 is 5.70. The van der Waals surface area contributed by atoms with Crippen LogP contribution in [0.1, 0.15) is 37.0 Å². The van der Waals surface area contributed by atoms with Gasteiger partial charge in [0.1, 0.15) is 12.3 Å². The van der Waals surface area contributed by atoms with Crippen molar-refractivity contribution < 1.29 is 19.1 Å². The number of ketones is 1. The van der Waals surface area contributed by atoms with Gasteiger partial charge in [0.15, 0.2) is 11.9 Å². The molecule has 2 aromatic rings. The first-order valence-electron chi connectivity index (χ1n) is 11.8. The maximum absolute atomic E-state index is 12.9. The van der Waals surface area contributed by atoms with Crippen molar-refractivity contribution in [2.24, 2.45) is 0 Å². The van der Waals surface area contributed by atoms with Crippen LogP contribution in [0.5, 0.6) is 5.75 Å². The molecular weight excluding hydrogens is 432 g/mol. The van der Waals surface area contributed by atoms with Crippen molar-refractivity contribution in [2.45, 2.75) is 32.8 Å². The molecule has 1 fully saturated rings. The Balaban J connectivity index is 1.45. The molecular formula is C26H32N4O4. The minimum atomic E-state index is -0.708. The van der Waals surface area contributed by atoms with Crippen molar-refractivity contribution in [3.8, 4) is 5.75 Å². The molecule has 1 unspecified atom stereocenters. The molecule has 2 heterocycles. The van der Waals surface area contributed by atoms with Crippen molar-refractivity contribution in [3.63, 3.8) is 0 Å². The van der Waals surface area contributed by atoms with E-state index in [0.717, 1.165) is 38.3 Å². The molecule has 0 aromatic heterocycles. The standard InChI is InChI=1S/C26H32N4O4/c1-4-5-23(31)19-6-11-24-22(16-19)30(26(33)18(2)34-24)17-25(32)27-20-7-9-21(10-8-20)29-14-12-28(3)13-15-29/h6-11,16,18H,4-5,12-15,17H2,1-3H3,(H,27,32). The lowest BCUT2D eigenvalue weighted by molar-refractivity contribution is -0.127. The smallest absolute Gasteiger partial charge is 0.268 e. The van der Waals surface area contributed by atoms with Crippen LogP contribution >= 0.6 is 0 Å². The quantitative estimate of drug-likeness (QED) is 0.634. The van der Waals surface area contributed by atoms with Crippen molar-refractivity contribution >= 4 is 34.7 Å². The van der Waals surface area contributed by atoms with E-state index < -0.39 is 6.10 Å².